The summed E-state index contributed by atoms with van der Waals surface area (Å²) in [6.07, 6.45) is 2.47. The summed E-state index contributed by atoms with van der Waals surface area (Å²) < 4.78 is 0. The van der Waals surface area contributed by atoms with E-state index in [1.54, 1.807) is 0 Å². The Morgan fingerprint density at radius 1 is 0.833 bits per heavy atom. The minimum atomic E-state index is 0.270. The maximum Gasteiger partial charge on any atom is -0.0106 e. The van der Waals surface area contributed by atoms with Gasteiger partial charge in [-0.25, -0.2) is 0 Å². The van der Waals surface area contributed by atoms with E-state index >= 15 is 0 Å². The Hall–Kier alpha value is -0.520. The Bertz CT molecular complexity index is 202. The smallest absolute Gasteiger partial charge is 0.0106 e. The molecule has 0 nitrogen and oxygen atoms in total. The van der Waals surface area contributed by atoms with Crippen molar-refractivity contribution < 1.29 is 0 Å². The SMILES string of the molecule is C=C1C(=C)C(C)(C)CCC1(C)C. The molecule has 0 spiro atoms. The maximum absolute atomic E-state index is 4.14. The predicted molar refractivity (Wildman–Crippen MR) is 55.1 cm³/mol. The van der Waals surface area contributed by atoms with Crippen molar-refractivity contribution in [2.75, 3.05) is 0 Å². The molecular weight excluding hydrogens is 144 g/mol. The summed E-state index contributed by atoms with van der Waals surface area (Å²) in [5.74, 6) is 0. The summed E-state index contributed by atoms with van der Waals surface area (Å²) >= 11 is 0. The molecule has 1 saturated carbocycles. The van der Waals surface area contributed by atoms with E-state index in [0.29, 0.717) is 0 Å². The third kappa shape index (κ3) is 1.35. The first-order chi connectivity index (χ1) is 5.27. The highest BCUT2D eigenvalue weighted by atomic mass is 14.4. The van der Waals surface area contributed by atoms with Crippen LogP contribution in [0.4, 0.5) is 0 Å². The van der Waals surface area contributed by atoms with Gasteiger partial charge >= 0.3 is 0 Å². The van der Waals surface area contributed by atoms with Gasteiger partial charge in [0.25, 0.3) is 0 Å². The molecule has 0 atom stereocenters. The average molecular weight is 164 g/mol. The van der Waals surface area contributed by atoms with Crippen molar-refractivity contribution in [3.8, 4) is 0 Å². The summed E-state index contributed by atoms with van der Waals surface area (Å²) in [5.41, 5.74) is 3.04. The van der Waals surface area contributed by atoms with Gasteiger partial charge in [0.05, 0.1) is 0 Å². The van der Waals surface area contributed by atoms with E-state index in [1.807, 2.05) is 0 Å². The van der Waals surface area contributed by atoms with E-state index in [-0.39, 0.29) is 10.8 Å². The largest absolute Gasteiger partial charge is 0.0950 e. The van der Waals surface area contributed by atoms with Crippen LogP contribution >= 0.6 is 0 Å². The lowest BCUT2D eigenvalue weighted by Crippen LogP contribution is -2.30. The molecule has 0 heterocycles. The zero-order valence-corrected chi connectivity index (χ0v) is 8.83. The average Bonchev–Trinajstić information content (AvgIpc) is 1.96. The zero-order valence-electron chi connectivity index (χ0n) is 8.83. The molecule has 68 valence electrons. The van der Waals surface area contributed by atoms with Crippen molar-refractivity contribution in [3.05, 3.63) is 24.3 Å². The Balaban J connectivity index is 2.96. The molecule has 1 aliphatic rings. The van der Waals surface area contributed by atoms with Crippen LogP contribution in [0.25, 0.3) is 0 Å². The lowest BCUT2D eigenvalue weighted by Gasteiger charge is -2.43. The zero-order chi connectivity index (χ0) is 9.57. The van der Waals surface area contributed by atoms with Gasteiger partial charge in [0, 0.05) is 0 Å². The van der Waals surface area contributed by atoms with Crippen LogP contribution in [0.5, 0.6) is 0 Å². The summed E-state index contributed by atoms with van der Waals surface area (Å²) in [5, 5.41) is 0. The first-order valence-electron chi connectivity index (χ1n) is 4.66. The van der Waals surface area contributed by atoms with Gasteiger partial charge in [0.1, 0.15) is 0 Å². The Kier molecular flexibility index (Phi) is 1.98. The summed E-state index contributed by atoms with van der Waals surface area (Å²) in [7, 11) is 0. The van der Waals surface area contributed by atoms with Gasteiger partial charge in [-0.2, -0.15) is 0 Å². The molecule has 0 saturated heterocycles. The van der Waals surface area contributed by atoms with E-state index in [4.69, 9.17) is 0 Å². The molecule has 12 heavy (non-hydrogen) atoms. The Morgan fingerprint density at radius 2 is 1.08 bits per heavy atom. The van der Waals surface area contributed by atoms with E-state index in [0.717, 1.165) is 0 Å². The van der Waals surface area contributed by atoms with Crippen LogP contribution in [-0.2, 0) is 0 Å². The van der Waals surface area contributed by atoms with Gasteiger partial charge in [-0.05, 0) is 34.8 Å². The molecule has 0 unspecified atom stereocenters. The van der Waals surface area contributed by atoms with Gasteiger partial charge in [0.15, 0.2) is 0 Å². The van der Waals surface area contributed by atoms with Crippen LogP contribution in [0, 0.1) is 10.8 Å². The third-order valence-electron chi connectivity index (χ3n) is 3.37. The highest BCUT2D eigenvalue weighted by molar-refractivity contribution is 5.37. The Labute approximate surface area is 76.4 Å². The van der Waals surface area contributed by atoms with Crippen LogP contribution in [-0.4, -0.2) is 0 Å². The Morgan fingerprint density at radius 3 is 1.33 bits per heavy atom. The molecule has 0 aliphatic heterocycles. The molecule has 1 rings (SSSR count). The second kappa shape index (κ2) is 2.48. The van der Waals surface area contributed by atoms with E-state index < -0.39 is 0 Å². The minimum Gasteiger partial charge on any atom is -0.0950 e. The van der Waals surface area contributed by atoms with Crippen LogP contribution in [0.1, 0.15) is 40.5 Å². The van der Waals surface area contributed by atoms with E-state index in [2.05, 4.69) is 40.9 Å². The third-order valence-corrected chi connectivity index (χ3v) is 3.37. The van der Waals surface area contributed by atoms with E-state index in [1.165, 1.54) is 24.0 Å². The van der Waals surface area contributed by atoms with Gasteiger partial charge in [0.2, 0.25) is 0 Å². The summed E-state index contributed by atoms with van der Waals surface area (Å²) in [4.78, 5) is 0. The maximum atomic E-state index is 4.14. The molecule has 0 bridgehead atoms. The number of hydrogen-bond donors (Lipinski definition) is 0. The molecule has 0 aromatic heterocycles. The van der Waals surface area contributed by atoms with Crippen molar-refractivity contribution in [2.24, 2.45) is 10.8 Å². The monoisotopic (exact) mass is 164 g/mol. The fourth-order valence-corrected chi connectivity index (χ4v) is 1.74. The number of allylic oxidation sites excluding steroid dienone is 2. The van der Waals surface area contributed by atoms with Crippen LogP contribution in [0.2, 0.25) is 0 Å². The molecule has 1 fully saturated rings. The van der Waals surface area contributed by atoms with Gasteiger partial charge < -0.3 is 0 Å². The fourth-order valence-electron chi connectivity index (χ4n) is 1.74. The van der Waals surface area contributed by atoms with Crippen molar-refractivity contribution >= 4 is 0 Å². The second-order valence-electron chi connectivity index (χ2n) is 5.22. The molecular formula is C12H20. The van der Waals surface area contributed by atoms with Crippen LogP contribution < -0.4 is 0 Å². The quantitative estimate of drug-likeness (QED) is 0.508. The van der Waals surface area contributed by atoms with Crippen molar-refractivity contribution in [3.63, 3.8) is 0 Å². The number of hydrogen-bond acceptors (Lipinski definition) is 0. The highest BCUT2D eigenvalue weighted by Gasteiger charge is 2.37. The topological polar surface area (TPSA) is 0 Å². The predicted octanol–water partition coefficient (Wildman–Crippen LogP) is 3.95. The normalized spacial score (nSPS) is 27.3. The molecule has 0 heteroatoms. The van der Waals surface area contributed by atoms with Crippen LogP contribution in [0.3, 0.4) is 0 Å². The van der Waals surface area contributed by atoms with Crippen molar-refractivity contribution in [2.45, 2.75) is 40.5 Å². The summed E-state index contributed by atoms with van der Waals surface area (Å²) in [6.45, 7) is 17.3. The first kappa shape index (κ1) is 9.57. The van der Waals surface area contributed by atoms with Crippen molar-refractivity contribution in [1.29, 1.82) is 0 Å². The first-order valence-corrected chi connectivity index (χ1v) is 4.66. The van der Waals surface area contributed by atoms with Gasteiger partial charge in [-0.3, -0.25) is 0 Å². The lowest BCUT2D eigenvalue weighted by atomic mass is 9.62. The van der Waals surface area contributed by atoms with Crippen molar-refractivity contribution in [1.82, 2.24) is 0 Å². The van der Waals surface area contributed by atoms with Crippen LogP contribution in [0.15, 0.2) is 24.3 Å². The fraction of sp³-hybridized carbons (Fsp3) is 0.667. The second-order valence-corrected chi connectivity index (χ2v) is 5.22. The molecule has 0 aromatic carbocycles. The van der Waals surface area contributed by atoms with Gasteiger partial charge in [-0.15, -0.1) is 0 Å². The van der Waals surface area contributed by atoms with Gasteiger partial charge in [-0.1, -0.05) is 40.9 Å². The lowest BCUT2D eigenvalue weighted by molar-refractivity contribution is 0.262. The standard InChI is InChI=1S/C12H20/c1-9-10(2)12(5,6)8-7-11(9,3)4/h1-2,7-8H2,3-6H3. The van der Waals surface area contributed by atoms with E-state index in [9.17, 15) is 0 Å². The number of rotatable bonds is 0. The highest BCUT2D eigenvalue weighted by Crippen LogP contribution is 2.50. The minimum absolute atomic E-state index is 0.270. The molecule has 0 radical (unpaired) electrons. The summed E-state index contributed by atoms with van der Waals surface area (Å²) in [6, 6.07) is 0. The molecule has 1 aliphatic carbocycles. The molecule has 0 N–H and O–H groups in total. The molecule has 0 aromatic rings. The molecule has 0 amide bonds.